The summed E-state index contributed by atoms with van der Waals surface area (Å²) in [6.45, 7) is 4.51. The molecule has 3 aromatic carbocycles. The zero-order valence-corrected chi connectivity index (χ0v) is 19.9. The molecular formula is C27H34ClNO4. The van der Waals surface area contributed by atoms with Gasteiger partial charge in [-0.05, 0) is 49.1 Å². The van der Waals surface area contributed by atoms with Crippen molar-refractivity contribution in [2.75, 3.05) is 13.1 Å². The second-order valence-electron chi connectivity index (χ2n) is 8.22. The Hall–Kier alpha value is -2.41. The molecule has 178 valence electrons. The minimum atomic E-state index is -0.853. The number of hydrogen-bond acceptors (Lipinski definition) is 5. The first kappa shape index (κ1) is 26.8. The predicted octanol–water partition coefficient (Wildman–Crippen LogP) is 4.53. The molecule has 0 amide bonds. The number of rotatable bonds is 11. The average molecular weight is 472 g/mol. The van der Waals surface area contributed by atoms with Crippen molar-refractivity contribution >= 4 is 12.4 Å². The van der Waals surface area contributed by atoms with Gasteiger partial charge in [-0.1, -0.05) is 72.8 Å². The van der Waals surface area contributed by atoms with E-state index < -0.39 is 18.5 Å². The highest BCUT2D eigenvalue weighted by Crippen LogP contribution is 2.22. The van der Waals surface area contributed by atoms with E-state index in [1.165, 1.54) is 0 Å². The largest absolute Gasteiger partial charge is 0.465 e. The molecular weight excluding hydrogens is 438 g/mol. The van der Waals surface area contributed by atoms with E-state index in [9.17, 15) is 15.3 Å². The van der Waals surface area contributed by atoms with Crippen LogP contribution < -0.4 is 4.74 Å². The van der Waals surface area contributed by atoms with Gasteiger partial charge in [-0.2, -0.15) is 0 Å². The lowest BCUT2D eigenvalue weighted by atomic mass is 10.0. The molecule has 33 heavy (non-hydrogen) atoms. The molecule has 0 aliphatic rings. The third-order valence-corrected chi connectivity index (χ3v) is 5.57. The first-order chi connectivity index (χ1) is 15.4. The molecule has 0 aliphatic heterocycles. The lowest BCUT2D eigenvalue weighted by Crippen LogP contribution is -2.40. The molecule has 0 bridgehead atoms. The highest BCUT2D eigenvalue weighted by molar-refractivity contribution is 5.85. The summed E-state index contributed by atoms with van der Waals surface area (Å²) in [7, 11) is 0. The molecule has 5 nitrogen and oxygen atoms in total. The van der Waals surface area contributed by atoms with Gasteiger partial charge in [0.25, 0.3) is 0 Å². The molecule has 0 aromatic heterocycles. The van der Waals surface area contributed by atoms with E-state index in [1.807, 2.05) is 84.9 Å². The van der Waals surface area contributed by atoms with Crippen LogP contribution in [0.25, 0.3) is 0 Å². The quantitative estimate of drug-likeness (QED) is 0.358. The smallest absolute Gasteiger partial charge is 0.194 e. The van der Waals surface area contributed by atoms with Gasteiger partial charge in [0.1, 0.15) is 5.75 Å². The molecule has 0 radical (unpaired) electrons. The van der Waals surface area contributed by atoms with E-state index in [2.05, 4.69) is 11.8 Å². The summed E-state index contributed by atoms with van der Waals surface area (Å²) in [4.78, 5) is 2.13. The SMILES string of the molecule is CC(O)Oc1ccc(C[C@@H](C)N(CC(O)c2ccccc2)CC(O)c2ccccc2)cc1.Cl. The van der Waals surface area contributed by atoms with Crippen molar-refractivity contribution in [2.24, 2.45) is 0 Å². The summed E-state index contributed by atoms with van der Waals surface area (Å²) in [6.07, 6.45) is -1.40. The molecule has 3 aromatic rings. The summed E-state index contributed by atoms with van der Waals surface area (Å²) in [5.74, 6) is 0.618. The summed E-state index contributed by atoms with van der Waals surface area (Å²) in [6, 6.07) is 26.9. The zero-order chi connectivity index (χ0) is 22.9. The number of ether oxygens (including phenoxy) is 1. The van der Waals surface area contributed by atoms with Gasteiger partial charge in [0.2, 0.25) is 0 Å². The normalized spacial score (nSPS) is 14.7. The van der Waals surface area contributed by atoms with Crippen LogP contribution in [0.15, 0.2) is 84.9 Å². The zero-order valence-electron chi connectivity index (χ0n) is 19.1. The van der Waals surface area contributed by atoms with Crippen molar-refractivity contribution in [3.63, 3.8) is 0 Å². The van der Waals surface area contributed by atoms with Gasteiger partial charge in [0.15, 0.2) is 6.29 Å². The van der Waals surface area contributed by atoms with E-state index in [1.54, 1.807) is 6.92 Å². The maximum Gasteiger partial charge on any atom is 0.194 e. The highest BCUT2D eigenvalue weighted by Gasteiger charge is 2.22. The molecule has 3 N–H and O–H groups in total. The third kappa shape index (κ3) is 8.46. The number of aliphatic hydroxyl groups excluding tert-OH is 3. The van der Waals surface area contributed by atoms with Crippen LogP contribution in [0.3, 0.4) is 0 Å². The van der Waals surface area contributed by atoms with Crippen molar-refractivity contribution in [3.8, 4) is 5.75 Å². The number of nitrogens with zero attached hydrogens (tertiary/aromatic N) is 1. The Morgan fingerprint density at radius 1 is 0.697 bits per heavy atom. The van der Waals surface area contributed by atoms with Crippen LogP contribution in [-0.2, 0) is 6.42 Å². The highest BCUT2D eigenvalue weighted by atomic mass is 35.5. The summed E-state index contributed by atoms with van der Waals surface area (Å²) < 4.78 is 5.30. The Bertz CT molecular complexity index is 874. The Morgan fingerprint density at radius 3 is 1.58 bits per heavy atom. The van der Waals surface area contributed by atoms with Crippen LogP contribution in [0.1, 0.15) is 42.7 Å². The Morgan fingerprint density at radius 2 is 1.15 bits per heavy atom. The Labute approximate surface area is 202 Å². The van der Waals surface area contributed by atoms with Gasteiger partial charge in [0, 0.05) is 19.1 Å². The average Bonchev–Trinajstić information content (AvgIpc) is 2.80. The molecule has 0 saturated carbocycles. The van der Waals surface area contributed by atoms with E-state index in [0.29, 0.717) is 18.8 Å². The van der Waals surface area contributed by atoms with E-state index in [-0.39, 0.29) is 18.4 Å². The predicted molar refractivity (Wildman–Crippen MR) is 134 cm³/mol. The molecule has 0 heterocycles. The molecule has 6 heteroatoms. The summed E-state index contributed by atoms with van der Waals surface area (Å²) in [5, 5.41) is 31.1. The number of benzene rings is 3. The first-order valence-electron chi connectivity index (χ1n) is 11.1. The number of halogens is 1. The maximum absolute atomic E-state index is 10.8. The summed E-state index contributed by atoms with van der Waals surface area (Å²) in [5.41, 5.74) is 2.83. The van der Waals surface area contributed by atoms with Crippen LogP contribution in [0.2, 0.25) is 0 Å². The summed E-state index contributed by atoms with van der Waals surface area (Å²) >= 11 is 0. The van der Waals surface area contributed by atoms with E-state index in [0.717, 1.165) is 23.1 Å². The molecule has 4 atom stereocenters. The van der Waals surface area contributed by atoms with Crippen LogP contribution in [0.5, 0.6) is 5.75 Å². The van der Waals surface area contributed by atoms with Crippen molar-refractivity contribution in [2.45, 2.75) is 44.8 Å². The lowest BCUT2D eigenvalue weighted by molar-refractivity contribution is -0.000309. The van der Waals surface area contributed by atoms with Crippen LogP contribution in [-0.4, -0.2) is 45.6 Å². The van der Waals surface area contributed by atoms with E-state index >= 15 is 0 Å². The van der Waals surface area contributed by atoms with E-state index in [4.69, 9.17) is 4.74 Å². The fraction of sp³-hybridized carbons (Fsp3) is 0.333. The molecule has 0 saturated heterocycles. The maximum atomic E-state index is 10.8. The van der Waals surface area contributed by atoms with Crippen LogP contribution >= 0.6 is 12.4 Å². The van der Waals surface area contributed by atoms with Gasteiger partial charge in [0.05, 0.1) is 12.2 Å². The van der Waals surface area contributed by atoms with Crippen molar-refractivity contribution < 1.29 is 20.1 Å². The molecule has 0 aliphatic carbocycles. The minimum Gasteiger partial charge on any atom is -0.465 e. The number of aliphatic hydroxyl groups is 3. The monoisotopic (exact) mass is 471 g/mol. The molecule has 0 spiro atoms. The fourth-order valence-electron chi connectivity index (χ4n) is 3.81. The topological polar surface area (TPSA) is 73.2 Å². The second-order valence-corrected chi connectivity index (χ2v) is 8.22. The Kier molecular flexibility index (Phi) is 10.8. The number of hydrogen-bond donors (Lipinski definition) is 3. The lowest BCUT2D eigenvalue weighted by Gasteiger charge is -2.33. The standard InChI is InChI=1S/C27H33NO4.ClH/c1-20(17-22-13-15-25(16-14-22)32-21(2)29)28(18-26(30)23-9-5-3-6-10-23)19-27(31)24-11-7-4-8-12-24;/h3-16,20-21,26-27,29-31H,17-19H2,1-2H3;1H/t20-,21?,26?,27?;/m1./s1. The first-order valence-corrected chi connectivity index (χ1v) is 11.1. The third-order valence-electron chi connectivity index (χ3n) is 5.57. The van der Waals surface area contributed by atoms with Crippen molar-refractivity contribution in [3.05, 3.63) is 102 Å². The van der Waals surface area contributed by atoms with Crippen molar-refractivity contribution in [1.82, 2.24) is 4.90 Å². The van der Waals surface area contributed by atoms with Gasteiger partial charge in [-0.15, -0.1) is 12.4 Å². The van der Waals surface area contributed by atoms with Gasteiger partial charge in [-0.25, -0.2) is 0 Å². The molecule has 0 fully saturated rings. The van der Waals surface area contributed by atoms with Gasteiger partial charge < -0.3 is 20.1 Å². The fourth-order valence-corrected chi connectivity index (χ4v) is 3.81. The van der Waals surface area contributed by atoms with Crippen molar-refractivity contribution in [1.29, 1.82) is 0 Å². The molecule has 3 unspecified atom stereocenters. The minimum absolute atomic E-state index is 0. The van der Waals surface area contributed by atoms with Gasteiger partial charge in [-0.3, -0.25) is 4.90 Å². The van der Waals surface area contributed by atoms with Crippen LogP contribution in [0, 0.1) is 0 Å². The van der Waals surface area contributed by atoms with Crippen LogP contribution in [0.4, 0.5) is 0 Å². The Balaban J connectivity index is 0.00000385. The second kappa shape index (κ2) is 13.3. The van der Waals surface area contributed by atoms with Gasteiger partial charge >= 0.3 is 0 Å². The molecule has 3 rings (SSSR count).